The third kappa shape index (κ3) is 5.44. The van der Waals surface area contributed by atoms with Crippen LogP contribution in [0.3, 0.4) is 0 Å². The molecule has 1 N–H and O–H groups in total. The number of benzene rings is 2. The molecule has 2 aromatic rings. The molecule has 0 saturated carbocycles. The summed E-state index contributed by atoms with van der Waals surface area (Å²) in [6.07, 6.45) is -1.20. The second-order valence-corrected chi connectivity index (χ2v) is 8.14. The summed E-state index contributed by atoms with van der Waals surface area (Å²) in [5.41, 5.74) is 0.257. The number of ether oxygens (including phenoxy) is 1. The highest BCUT2D eigenvalue weighted by Gasteiger charge is 2.36. The summed E-state index contributed by atoms with van der Waals surface area (Å²) in [4.78, 5) is 12.3. The Balaban J connectivity index is 2.18. The smallest absolute Gasteiger partial charge is 0.255 e. The van der Waals surface area contributed by atoms with E-state index in [0.717, 1.165) is 4.47 Å². The van der Waals surface area contributed by atoms with Crippen LogP contribution in [0.25, 0.3) is 0 Å². The van der Waals surface area contributed by atoms with Crippen LogP contribution in [0, 0.1) is 0 Å². The third-order valence-electron chi connectivity index (χ3n) is 2.75. The molecule has 0 aliphatic rings. The number of hydrogen-bond acceptors (Lipinski definition) is 2. The zero-order chi connectivity index (χ0) is 17.0. The normalized spacial score (nSPS) is 12.6. The molecule has 3 nitrogen and oxygen atoms in total. The van der Waals surface area contributed by atoms with E-state index in [0.29, 0.717) is 5.75 Å². The van der Waals surface area contributed by atoms with Gasteiger partial charge in [0.25, 0.3) is 5.91 Å². The first-order chi connectivity index (χ1) is 10.8. The quantitative estimate of drug-likeness (QED) is 0.479. The van der Waals surface area contributed by atoms with Crippen molar-refractivity contribution < 1.29 is 9.53 Å². The number of halogens is 5. The SMILES string of the molecule is O=C(N[C@H](Oc1ccc(Br)cc1)C(Cl)(Cl)Cl)c1ccccc1Cl. The monoisotopic (exact) mass is 455 g/mol. The molecule has 0 aliphatic heterocycles. The first-order valence-electron chi connectivity index (χ1n) is 6.31. The van der Waals surface area contributed by atoms with Gasteiger partial charge in [0.2, 0.25) is 10.0 Å². The van der Waals surface area contributed by atoms with Crippen molar-refractivity contribution in [3.8, 4) is 5.75 Å². The van der Waals surface area contributed by atoms with Gasteiger partial charge < -0.3 is 10.1 Å². The van der Waals surface area contributed by atoms with E-state index in [9.17, 15) is 4.79 Å². The second kappa shape index (κ2) is 7.95. The van der Waals surface area contributed by atoms with Crippen molar-refractivity contribution in [3.05, 3.63) is 63.6 Å². The molecule has 8 heteroatoms. The van der Waals surface area contributed by atoms with Gasteiger partial charge in [-0.3, -0.25) is 4.79 Å². The molecule has 0 radical (unpaired) electrons. The van der Waals surface area contributed by atoms with Gasteiger partial charge in [0.15, 0.2) is 0 Å². The zero-order valence-electron chi connectivity index (χ0n) is 11.4. The lowest BCUT2D eigenvalue weighted by Crippen LogP contribution is -2.47. The number of rotatable bonds is 4. The minimum atomic E-state index is -1.87. The van der Waals surface area contributed by atoms with E-state index in [1.54, 1.807) is 48.5 Å². The zero-order valence-corrected chi connectivity index (χ0v) is 16.0. The fourth-order valence-corrected chi connectivity index (χ4v) is 2.45. The average Bonchev–Trinajstić information content (AvgIpc) is 2.48. The van der Waals surface area contributed by atoms with Gasteiger partial charge in [-0.15, -0.1) is 0 Å². The predicted octanol–water partition coefficient (Wildman–Crippen LogP) is 5.61. The topological polar surface area (TPSA) is 38.3 Å². The lowest BCUT2D eigenvalue weighted by molar-refractivity contribution is 0.0833. The summed E-state index contributed by atoms with van der Waals surface area (Å²) in [5.74, 6) is -0.0759. The summed E-state index contributed by atoms with van der Waals surface area (Å²) < 4.78 is 4.57. The van der Waals surface area contributed by atoms with Crippen LogP contribution in [0.5, 0.6) is 5.75 Å². The van der Waals surface area contributed by atoms with Crippen LogP contribution in [0.2, 0.25) is 5.02 Å². The summed E-state index contributed by atoms with van der Waals surface area (Å²) in [7, 11) is 0. The lowest BCUT2D eigenvalue weighted by Gasteiger charge is -2.26. The van der Waals surface area contributed by atoms with Crippen LogP contribution in [0.15, 0.2) is 53.0 Å². The Bertz CT molecular complexity index is 689. The van der Waals surface area contributed by atoms with Gasteiger partial charge >= 0.3 is 0 Å². The van der Waals surface area contributed by atoms with E-state index in [1.165, 1.54) is 0 Å². The Morgan fingerprint density at radius 3 is 2.26 bits per heavy atom. The second-order valence-electron chi connectivity index (χ2n) is 4.45. The van der Waals surface area contributed by atoms with Gasteiger partial charge in [-0.05, 0) is 36.4 Å². The average molecular weight is 458 g/mol. The molecule has 0 bridgehead atoms. The summed E-state index contributed by atoms with van der Waals surface area (Å²) in [6.45, 7) is 0. The minimum Gasteiger partial charge on any atom is -0.466 e. The Hall–Kier alpha value is -0.650. The number of carbonyl (C=O) groups is 1. The molecule has 0 saturated heterocycles. The maximum absolute atomic E-state index is 12.3. The Morgan fingerprint density at radius 2 is 1.70 bits per heavy atom. The molecule has 0 spiro atoms. The van der Waals surface area contributed by atoms with Crippen LogP contribution in [-0.4, -0.2) is 15.9 Å². The van der Waals surface area contributed by atoms with Crippen LogP contribution in [0.1, 0.15) is 10.4 Å². The molecule has 23 heavy (non-hydrogen) atoms. The predicted molar refractivity (Wildman–Crippen MR) is 97.8 cm³/mol. The molecule has 0 heterocycles. The highest BCUT2D eigenvalue weighted by molar-refractivity contribution is 9.10. The van der Waals surface area contributed by atoms with Gasteiger partial charge in [-0.1, -0.05) is 74.5 Å². The molecular weight excluding hydrogens is 448 g/mol. The fraction of sp³-hybridized carbons (Fsp3) is 0.133. The van der Waals surface area contributed by atoms with Crippen molar-refractivity contribution in [2.24, 2.45) is 0 Å². The molecule has 0 unspecified atom stereocenters. The number of carbonyl (C=O) groups excluding carboxylic acids is 1. The maximum atomic E-state index is 12.3. The fourth-order valence-electron chi connectivity index (χ4n) is 1.67. The molecule has 0 aliphatic carbocycles. The molecule has 2 aromatic carbocycles. The largest absolute Gasteiger partial charge is 0.466 e. The maximum Gasteiger partial charge on any atom is 0.255 e. The van der Waals surface area contributed by atoms with Crippen molar-refractivity contribution in [1.82, 2.24) is 5.32 Å². The van der Waals surface area contributed by atoms with Crippen LogP contribution >= 0.6 is 62.3 Å². The summed E-state index contributed by atoms with van der Waals surface area (Å²) in [5, 5.41) is 2.81. The van der Waals surface area contributed by atoms with Crippen molar-refractivity contribution in [3.63, 3.8) is 0 Å². The van der Waals surface area contributed by atoms with Crippen LogP contribution in [-0.2, 0) is 0 Å². The molecule has 2 rings (SSSR count). The van der Waals surface area contributed by atoms with E-state index in [4.69, 9.17) is 51.1 Å². The van der Waals surface area contributed by atoms with Gasteiger partial charge in [0.05, 0.1) is 10.6 Å². The van der Waals surface area contributed by atoms with Gasteiger partial charge in [0, 0.05) is 4.47 Å². The molecule has 0 aromatic heterocycles. The number of hydrogen-bond donors (Lipinski definition) is 1. The molecule has 0 fully saturated rings. The van der Waals surface area contributed by atoms with Crippen molar-refractivity contribution in [2.75, 3.05) is 0 Å². The number of amides is 1. The highest BCUT2D eigenvalue weighted by atomic mass is 79.9. The first kappa shape index (κ1) is 18.7. The molecular formula is C15H10BrCl4NO2. The van der Waals surface area contributed by atoms with E-state index >= 15 is 0 Å². The number of alkyl halides is 3. The highest BCUT2D eigenvalue weighted by Crippen LogP contribution is 2.32. The van der Waals surface area contributed by atoms with Gasteiger partial charge in [-0.25, -0.2) is 0 Å². The number of nitrogens with one attached hydrogen (secondary N) is 1. The molecule has 1 atom stereocenters. The summed E-state index contributed by atoms with van der Waals surface area (Å²) in [6, 6.07) is 13.4. The van der Waals surface area contributed by atoms with E-state index < -0.39 is 15.9 Å². The minimum absolute atomic E-state index is 0.257. The van der Waals surface area contributed by atoms with Crippen molar-refractivity contribution in [1.29, 1.82) is 0 Å². The Kier molecular flexibility index (Phi) is 6.46. The van der Waals surface area contributed by atoms with E-state index in [2.05, 4.69) is 21.2 Å². The lowest BCUT2D eigenvalue weighted by atomic mass is 10.2. The Labute approximate surface area is 161 Å². The molecule has 122 valence electrons. The Morgan fingerprint density at radius 1 is 1.09 bits per heavy atom. The van der Waals surface area contributed by atoms with Crippen molar-refractivity contribution >= 4 is 68.2 Å². The third-order valence-corrected chi connectivity index (χ3v) is 4.20. The molecule has 1 amide bonds. The standard InChI is InChI=1S/C15H10BrCl4NO2/c16-9-5-7-10(8-6-9)23-14(15(18,19)20)21-13(22)11-3-1-2-4-12(11)17/h1-8,14H,(H,21,22)/t14-/m1/s1. The van der Waals surface area contributed by atoms with E-state index in [1.807, 2.05) is 0 Å². The first-order valence-corrected chi connectivity index (χ1v) is 8.62. The van der Waals surface area contributed by atoms with Crippen LogP contribution in [0.4, 0.5) is 0 Å². The van der Waals surface area contributed by atoms with Crippen molar-refractivity contribution in [2.45, 2.75) is 10.0 Å². The van der Waals surface area contributed by atoms with Gasteiger partial charge in [-0.2, -0.15) is 0 Å². The van der Waals surface area contributed by atoms with E-state index in [-0.39, 0.29) is 10.6 Å². The van der Waals surface area contributed by atoms with Crippen LogP contribution < -0.4 is 10.1 Å². The summed E-state index contributed by atoms with van der Waals surface area (Å²) >= 11 is 27.0. The van der Waals surface area contributed by atoms with Gasteiger partial charge in [0.1, 0.15) is 5.75 Å².